The van der Waals surface area contributed by atoms with Crippen molar-refractivity contribution in [3.05, 3.63) is 40.7 Å². The van der Waals surface area contributed by atoms with Crippen molar-refractivity contribution in [2.75, 3.05) is 25.1 Å². The number of nitrogens with one attached hydrogen (secondary N) is 2. The van der Waals surface area contributed by atoms with Crippen LogP contribution in [0.3, 0.4) is 0 Å². The van der Waals surface area contributed by atoms with Gasteiger partial charge in [0.2, 0.25) is 0 Å². The van der Waals surface area contributed by atoms with Crippen LogP contribution in [-0.4, -0.2) is 37.7 Å². The highest BCUT2D eigenvalue weighted by molar-refractivity contribution is 7.18. The Balaban J connectivity index is 1.84. The summed E-state index contributed by atoms with van der Waals surface area (Å²) in [5.41, 5.74) is 0.633. The summed E-state index contributed by atoms with van der Waals surface area (Å²) < 4.78 is 45.1. The molecule has 0 saturated carbocycles. The first kappa shape index (κ1) is 19.0. The molecule has 2 aromatic rings. The van der Waals surface area contributed by atoms with Gasteiger partial charge in [-0.3, -0.25) is 9.59 Å². The zero-order valence-corrected chi connectivity index (χ0v) is 13.9. The molecular weight excluding hydrogens is 361 g/mol. The first-order valence-corrected chi connectivity index (χ1v) is 7.96. The quantitative estimate of drug-likeness (QED) is 0.727. The van der Waals surface area contributed by atoms with Gasteiger partial charge in [0.15, 0.2) is 5.76 Å². The molecule has 136 valence electrons. The Morgan fingerprint density at radius 1 is 1.32 bits per heavy atom. The number of alkyl halides is 3. The van der Waals surface area contributed by atoms with E-state index in [-0.39, 0.29) is 18.9 Å². The number of hydrogen-bond acceptors (Lipinski definition) is 5. The van der Waals surface area contributed by atoms with E-state index in [1.165, 1.54) is 12.3 Å². The largest absolute Gasteiger partial charge is 0.459 e. The van der Waals surface area contributed by atoms with Gasteiger partial charge in [-0.1, -0.05) is 0 Å². The van der Waals surface area contributed by atoms with Gasteiger partial charge in [0.1, 0.15) is 6.61 Å². The standard InChI is InChI=1S/C15H15F3N2O4S/c1-9-7-11(20-13(21)10-3-2-5-24-10)25-12(9)14(22)19-4-6-23-8-15(16,17)18/h2-3,5,7H,4,6,8H2,1H3,(H,19,22)(H,20,21). The number of amides is 2. The normalized spacial score (nSPS) is 11.4. The SMILES string of the molecule is Cc1cc(NC(=O)c2ccco2)sc1C(=O)NCCOCC(F)(F)F. The Bertz CT molecular complexity index is 726. The molecule has 0 unspecified atom stereocenters. The maximum Gasteiger partial charge on any atom is 0.411 e. The Hall–Kier alpha value is -2.33. The van der Waals surface area contributed by atoms with E-state index in [0.717, 1.165) is 11.3 Å². The van der Waals surface area contributed by atoms with E-state index >= 15 is 0 Å². The maximum atomic E-state index is 12.0. The lowest BCUT2D eigenvalue weighted by atomic mass is 10.3. The van der Waals surface area contributed by atoms with E-state index in [1.807, 2.05) is 0 Å². The summed E-state index contributed by atoms with van der Waals surface area (Å²) in [4.78, 5) is 24.3. The van der Waals surface area contributed by atoms with Gasteiger partial charge in [-0.05, 0) is 30.7 Å². The summed E-state index contributed by atoms with van der Waals surface area (Å²) in [6.45, 7) is 0.0239. The number of carbonyl (C=O) groups is 2. The molecule has 0 aliphatic heterocycles. The van der Waals surface area contributed by atoms with Crippen molar-refractivity contribution < 1.29 is 31.9 Å². The smallest absolute Gasteiger partial charge is 0.411 e. The second kappa shape index (κ2) is 8.17. The summed E-state index contributed by atoms with van der Waals surface area (Å²) in [6.07, 6.45) is -3.02. The number of hydrogen-bond donors (Lipinski definition) is 2. The van der Waals surface area contributed by atoms with Gasteiger partial charge >= 0.3 is 6.18 Å². The number of ether oxygens (including phenoxy) is 1. The Morgan fingerprint density at radius 2 is 2.08 bits per heavy atom. The molecule has 0 spiro atoms. The van der Waals surface area contributed by atoms with Gasteiger partial charge in [-0.25, -0.2) is 0 Å². The Labute approximate surface area is 145 Å². The zero-order chi connectivity index (χ0) is 18.4. The summed E-state index contributed by atoms with van der Waals surface area (Å²) in [7, 11) is 0. The van der Waals surface area contributed by atoms with Crippen LogP contribution < -0.4 is 10.6 Å². The van der Waals surface area contributed by atoms with Gasteiger partial charge < -0.3 is 19.8 Å². The van der Waals surface area contributed by atoms with Crippen LogP contribution >= 0.6 is 11.3 Å². The molecule has 2 N–H and O–H groups in total. The molecule has 0 aliphatic rings. The number of carbonyl (C=O) groups excluding carboxylic acids is 2. The number of aryl methyl sites for hydroxylation is 1. The fourth-order valence-electron chi connectivity index (χ4n) is 1.86. The van der Waals surface area contributed by atoms with E-state index < -0.39 is 24.6 Å². The van der Waals surface area contributed by atoms with Crippen LogP contribution in [0, 0.1) is 6.92 Å². The fourth-order valence-corrected chi connectivity index (χ4v) is 2.84. The minimum atomic E-state index is -4.39. The third-order valence-corrected chi connectivity index (χ3v) is 4.05. The summed E-state index contributed by atoms with van der Waals surface area (Å²) in [5, 5.41) is 5.53. The highest BCUT2D eigenvalue weighted by Crippen LogP contribution is 2.27. The summed E-state index contributed by atoms with van der Waals surface area (Å²) in [6, 6.07) is 4.71. The molecule has 0 aliphatic carbocycles. The van der Waals surface area contributed by atoms with Crippen molar-refractivity contribution >= 4 is 28.2 Å². The van der Waals surface area contributed by atoms with Crippen molar-refractivity contribution in [3.8, 4) is 0 Å². The molecule has 2 heterocycles. The Kier molecular flexibility index (Phi) is 6.21. The molecule has 0 bridgehead atoms. The number of anilines is 1. The molecule has 2 amide bonds. The van der Waals surface area contributed by atoms with Crippen LogP contribution in [0.1, 0.15) is 25.8 Å². The zero-order valence-electron chi connectivity index (χ0n) is 13.1. The summed E-state index contributed by atoms with van der Waals surface area (Å²) >= 11 is 1.05. The number of furan rings is 1. The predicted octanol–water partition coefficient (Wildman–Crippen LogP) is 3.21. The second-order valence-corrected chi connectivity index (χ2v) is 6.03. The molecule has 0 aromatic carbocycles. The van der Waals surface area contributed by atoms with E-state index in [2.05, 4.69) is 15.4 Å². The van der Waals surface area contributed by atoms with Crippen LogP contribution in [0.25, 0.3) is 0 Å². The molecule has 0 atom stereocenters. The average Bonchev–Trinajstić information content (AvgIpc) is 3.15. The molecule has 10 heteroatoms. The number of thiophene rings is 1. The van der Waals surface area contributed by atoms with Crippen molar-refractivity contribution in [1.82, 2.24) is 5.32 Å². The minimum absolute atomic E-state index is 0.0552. The molecule has 2 aromatic heterocycles. The highest BCUT2D eigenvalue weighted by Gasteiger charge is 2.27. The predicted molar refractivity (Wildman–Crippen MR) is 84.9 cm³/mol. The minimum Gasteiger partial charge on any atom is -0.459 e. The van der Waals surface area contributed by atoms with Gasteiger partial charge in [0.25, 0.3) is 11.8 Å². The Morgan fingerprint density at radius 3 is 2.72 bits per heavy atom. The maximum absolute atomic E-state index is 12.0. The van der Waals surface area contributed by atoms with Crippen molar-refractivity contribution in [2.45, 2.75) is 13.1 Å². The van der Waals surface area contributed by atoms with Gasteiger partial charge in [0.05, 0.1) is 22.7 Å². The molecule has 0 saturated heterocycles. The number of halogens is 3. The lowest BCUT2D eigenvalue weighted by molar-refractivity contribution is -0.173. The molecule has 25 heavy (non-hydrogen) atoms. The van der Waals surface area contributed by atoms with E-state index in [1.54, 1.807) is 19.1 Å². The first-order chi connectivity index (χ1) is 11.8. The topological polar surface area (TPSA) is 80.6 Å². The van der Waals surface area contributed by atoms with Crippen LogP contribution in [0.5, 0.6) is 0 Å². The summed E-state index contributed by atoms with van der Waals surface area (Å²) in [5.74, 6) is -0.755. The average molecular weight is 376 g/mol. The molecule has 6 nitrogen and oxygen atoms in total. The van der Waals surface area contributed by atoms with E-state index in [0.29, 0.717) is 15.4 Å². The van der Waals surface area contributed by atoms with E-state index in [4.69, 9.17) is 4.42 Å². The van der Waals surface area contributed by atoms with Crippen LogP contribution in [0.15, 0.2) is 28.9 Å². The lowest BCUT2D eigenvalue weighted by Gasteiger charge is -2.08. The molecule has 0 radical (unpaired) electrons. The van der Waals surface area contributed by atoms with Crippen molar-refractivity contribution in [1.29, 1.82) is 0 Å². The molecule has 0 fully saturated rings. The van der Waals surface area contributed by atoms with Crippen LogP contribution in [-0.2, 0) is 4.74 Å². The molecule has 2 rings (SSSR count). The van der Waals surface area contributed by atoms with Crippen LogP contribution in [0.2, 0.25) is 0 Å². The van der Waals surface area contributed by atoms with Crippen molar-refractivity contribution in [3.63, 3.8) is 0 Å². The first-order valence-electron chi connectivity index (χ1n) is 7.14. The van der Waals surface area contributed by atoms with Gasteiger partial charge in [-0.2, -0.15) is 13.2 Å². The lowest BCUT2D eigenvalue weighted by Crippen LogP contribution is -2.28. The van der Waals surface area contributed by atoms with Gasteiger partial charge in [0, 0.05) is 6.54 Å². The fraction of sp³-hybridized carbons (Fsp3) is 0.333. The van der Waals surface area contributed by atoms with Gasteiger partial charge in [-0.15, -0.1) is 11.3 Å². The molecular formula is C15H15F3N2O4S. The highest BCUT2D eigenvalue weighted by atomic mass is 32.1. The second-order valence-electron chi connectivity index (χ2n) is 4.98. The monoisotopic (exact) mass is 376 g/mol. The van der Waals surface area contributed by atoms with E-state index in [9.17, 15) is 22.8 Å². The number of rotatable bonds is 7. The van der Waals surface area contributed by atoms with Crippen molar-refractivity contribution in [2.24, 2.45) is 0 Å². The third kappa shape index (κ3) is 5.91. The third-order valence-electron chi connectivity index (χ3n) is 2.90. The van der Waals surface area contributed by atoms with Crippen LogP contribution in [0.4, 0.5) is 18.2 Å².